The van der Waals surface area contributed by atoms with Gasteiger partial charge in [-0.3, -0.25) is 0 Å². The van der Waals surface area contributed by atoms with Gasteiger partial charge in [0.25, 0.3) is 0 Å². The Kier molecular flexibility index (Phi) is 4.43. The molecule has 0 amide bonds. The SMILES string of the molecule is CC(C)c1ccc(-c2ccc(-c3ccc(F)cc3)c(F)c2)c(F)c1. The van der Waals surface area contributed by atoms with E-state index in [0.717, 1.165) is 5.56 Å². The van der Waals surface area contributed by atoms with Crippen LogP contribution in [0.3, 0.4) is 0 Å². The Hall–Kier alpha value is -2.55. The summed E-state index contributed by atoms with van der Waals surface area (Å²) in [6.45, 7) is 3.98. The summed E-state index contributed by atoms with van der Waals surface area (Å²) in [5.41, 5.74) is 2.68. The lowest BCUT2D eigenvalue weighted by Gasteiger charge is -2.10. The molecule has 3 aromatic carbocycles. The molecule has 0 N–H and O–H groups in total. The van der Waals surface area contributed by atoms with Crippen molar-refractivity contribution in [1.82, 2.24) is 0 Å². The maximum atomic E-state index is 14.4. The minimum atomic E-state index is -0.466. The minimum absolute atomic E-state index is 0.228. The fourth-order valence-electron chi connectivity index (χ4n) is 2.67. The van der Waals surface area contributed by atoms with Gasteiger partial charge < -0.3 is 0 Å². The minimum Gasteiger partial charge on any atom is -0.207 e. The average molecular weight is 326 g/mol. The number of hydrogen-bond acceptors (Lipinski definition) is 0. The van der Waals surface area contributed by atoms with Crippen molar-refractivity contribution in [3.8, 4) is 22.3 Å². The molecule has 0 heterocycles. The molecule has 0 radical (unpaired) electrons. The summed E-state index contributed by atoms with van der Waals surface area (Å²) in [4.78, 5) is 0. The zero-order valence-corrected chi connectivity index (χ0v) is 13.5. The van der Waals surface area contributed by atoms with Gasteiger partial charge in [0, 0.05) is 11.1 Å². The van der Waals surface area contributed by atoms with Crippen LogP contribution < -0.4 is 0 Å². The molecule has 0 saturated carbocycles. The highest BCUT2D eigenvalue weighted by Gasteiger charge is 2.12. The molecule has 0 spiro atoms. The van der Waals surface area contributed by atoms with Crippen LogP contribution in [0.1, 0.15) is 25.3 Å². The van der Waals surface area contributed by atoms with Crippen molar-refractivity contribution in [3.63, 3.8) is 0 Å². The first-order chi connectivity index (χ1) is 11.5. The summed E-state index contributed by atoms with van der Waals surface area (Å²) in [5, 5.41) is 0. The molecule has 0 unspecified atom stereocenters. The van der Waals surface area contributed by atoms with Crippen LogP contribution in [0.2, 0.25) is 0 Å². The molecule has 0 aromatic heterocycles. The molecule has 3 heteroatoms. The second kappa shape index (κ2) is 6.52. The highest BCUT2D eigenvalue weighted by atomic mass is 19.1. The van der Waals surface area contributed by atoms with E-state index in [4.69, 9.17) is 0 Å². The van der Waals surface area contributed by atoms with Crippen molar-refractivity contribution in [2.24, 2.45) is 0 Å². The summed E-state index contributed by atoms with van der Waals surface area (Å²) < 4.78 is 41.8. The molecule has 0 saturated heterocycles. The molecule has 122 valence electrons. The molecule has 0 atom stereocenters. The Morgan fingerprint density at radius 3 is 1.75 bits per heavy atom. The first kappa shape index (κ1) is 16.3. The Morgan fingerprint density at radius 1 is 0.625 bits per heavy atom. The van der Waals surface area contributed by atoms with Crippen LogP contribution in [0.15, 0.2) is 60.7 Å². The van der Waals surface area contributed by atoms with Gasteiger partial charge in [0.1, 0.15) is 17.5 Å². The second-order valence-electron chi connectivity index (χ2n) is 6.10. The lowest BCUT2D eigenvalue weighted by Crippen LogP contribution is -1.93. The van der Waals surface area contributed by atoms with E-state index in [0.29, 0.717) is 22.3 Å². The van der Waals surface area contributed by atoms with Crippen LogP contribution in [-0.2, 0) is 0 Å². The maximum absolute atomic E-state index is 14.4. The normalized spacial score (nSPS) is 11.1. The molecular formula is C21H17F3. The zero-order valence-electron chi connectivity index (χ0n) is 13.5. The summed E-state index contributed by atoms with van der Waals surface area (Å²) in [5.74, 6) is -0.976. The summed E-state index contributed by atoms with van der Waals surface area (Å²) in [7, 11) is 0. The fraction of sp³-hybridized carbons (Fsp3) is 0.143. The van der Waals surface area contributed by atoms with Gasteiger partial charge in [0.15, 0.2) is 0 Å². The van der Waals surface area contributed by atoms with Gasteiger partial charge in [-0.1, -0.05) is 50.2 Å². The van der Waals surface area contributed by atoms with Crippen molar-refractivity contribution >= 4 is 0 Å². The summed E-state index contributed by atoms with van der Waals surface area (Å²) in [6.07, 6.45) is 0. The molecule has 0 nitrogen and oxygen atoms in total. The first-order valence-electron chi connectivity index (χ1n) is 7.81. The number of halogens is 3. The van der Waals surface area contributed by atoms with Crippen LogP contribution >= 0.6 is 0 Å². The molecule has 0 aliphatic heterocycles. The molecule has 24 heavy (non-hydrogen) atoms. The van der Waals surface area contributed by atoms with E-state index in [1.807, 2.05) is 19.9 Å². The van der Waals surface area contributed by atoms with Gasteiger partial charge >= 0.3 is 0 Å². The Balaban J connectivity index is 1.99. The molecule has 0 aliphatic rings. The van der Waals surface area contributed by atoms with Gasteiger partial charge in [-0.25, -0.2) is 13.2 Å². The van der Waals surface area contributed by atoms with E-state index >= 15 is 0 Å². The fourth-order valence-corrected chi connectivity index (χ4v) is 2.67. The molecule has 0 fully saturated rings. The van der Waals surface area contributed by atoms with Gasteiger partial charge in [0.05, 0.1) is 0 Å². The van der Waals surface area contributed by atoms with E-state index < -0.39 is 5.82 Å². The van der Waals surface area contributed by atoms with E-state index in [9.17, 15) is 13.2 Å². The number of rotatable bonds is 3. The third kappa shape index (κ3) is 3.21. The third-order valence-corrected chi connectivity index (χ3v) is 4.10. The van der Waals surface area contributed by atoms with Crippen LogP contribution in [0.4, 0.5) is 13.2 Å². The molecule has 0 aliphatic carbocycles. The highest BCUT2D eigenvalue weighted by Crippen LogP contribution is 2.30. The predicted molar refractivity (Wildman–Crippen MR) is 91.3 cm³/mol. The topological polar surface area (TPSA) is 0 Å². The van der Waals surface area contributed by atoms with E-state index in [1.165, 1.54) is 36.4 Å². The van der Waals surface area contributed by atoms with Crippen molar-refractivity contribution in [1.29, 1.82) is 0 Å². The monoisotopic (exact) mass is 326 g/mol. The number of hydrogen-bond donors (Lipinski definition) is 0. The van der Waals surface area contributed by atoms with Gasteiger partial charge in [-0.15, -0.1) is 0 Å². The van der Waals surface area contributed by atoms with Crippen molar-refractivity contribution in [3.05, 3.63) is 83.7 Å². The van der Waals surface area contributed by atoms with Gasteiger partial charge in [-0.05, 0) is 46.9 Å². The van der Waals surface area contributed by atoms with Gasteiger partial charge in [-0.2, -0.15) is 0 Å². The average Bonchev–Trinajstić information content (AvgIpc) is 2.55. The predicted octanol–water partition coefficient (Wildman–Crippen LogP) is 6.56. The van der Waals surface area contributed by atoms with Crippen LogP contribution in [-0.4, -0.2) is 0 Å². The van der Waals surface area contributed by atoms with E-state index in [1.54, 1.807) is 18.2 Å². The molecule has 0 bridgehead atoms. The third-order valence-electron chi connectivity index (χ3n) is 4.10. The number of benzene rings is 3. The van der Waals surface area contributed by atoms with Crippen molar-refractivity contribution in [2.75, 3.05) is 0 Å². The lowest BCUT2D eigenvalue weighted by atomic mass is 9.96. The maximum Gasteiger partial charge on any atom is 0.131 e. The Morgan fingerprint density at radius 2 is 1.17 bits per heavy atom. The summed E-state index contributed by atoms with van der Waals surface area (Å²) >= 11 is 0. The zero-order chi connectivity index (χ0) is 17.3. The van der Waals surface area contributed by atoms with Crippen LogP contribution in [0, 0.1) is 17.5 Å². The first-order valence-corrected chi connectivity index (χ1v) is 7.81. The van der Waals surface area contributed by atoms with Crippen molar-refractivity contribution < 1.29 is 13.2 Å². The Labute approximate surface area is 139 Å². The molecular weight excluding hydrogens is 309 g/mol. The Bertz CT molecular complexity index is 865. The van der Waals surface area contributed by atoms with Gasteiger partial charge in [0.2, 0.25) is 0 Å². The second-order valence-corrected chi connectivity index (χ2v) is 6.10. The largest absolute Gasteiger partial charge is 0.207 e. The lowest BCUT2D eigenvalue weighted by molar-refractivity contribution is 0.622. The molecule has 3 rings (SSSR count). The molecule has 3 aromatic rings. The van der Waals surface area contributed by atoms with Crippen LogP contribution in [0.25, 0.3) is 22.3 Å². The van der Waals surface area contributed by atoms with Crippen LogP contribution in [0.5, 0.6) is 0 Å². The summed E-state index contributed by atoms with van der Waals surface area (Å²) in [6, 6.07) is 15.2. The quantitative estimate of drug-likeness (QED) is 0.511. The van der Waals surface area contributed by atoms with E-state index in [-0.39, 0.29) is 17.6 Å². The smallest absolute Gasteiger partial charge is 0.131 e. The van der Waals surface area contributed by atoms with Crippen molar-refractivity contribution in [2.45, 2.75) is 19.8 Å². The highest BCUT2D eigenvalue weighted by molar-refractivity contribution is 5.71. The van der Waals surface area contributed by atoms with E-state index in [2.05, 4.69) is 0 Å². The standard InChI is InChI=1S/C21H17F3/c1-13(2)15-5-9-19(20(23)11-15)16-6-10-18(21(24)12-16)14-3-7-17(22)8-4-14/h3-13H,1-2H3.